The van der Waals surface area contributed by atoms with Crippen LogP contribution < -0.4 is 15.8 Å². The molecule has 1 aliphatic heterocycles. The third-order valence-corrected chi connectivity index (χ3v) is 7.45. The average molecular weight is 361 g/mol. The van der Waals surface area contributed by atoms with E-state index in [1.807, 2.05) is 0 Å². The molecule has 6 nitrogen and oxygen atoms in total. The first-order valence-electron chi connectivity index (χ1n) is 8.98. The molecule has 3 aliphatic rings. The number of nitrogens with one attached hydrogen (secondary N) is 2. The Balaban J connectivity index is 1.58. The summed E-state index contributed by atoms with van der Waals surface area (Å²) in [4.78, 5) is 12.5. The van der Waals surface area contributed by atoms with Crippen molar-refractivity contribution in [3.8, 4) is 0 Å². The zero-order valence-corrected chi connectivity index (χ0v) is 14.9. The molecule has 2 aliphatic carbocycles. The van der Waals surface area contributed by atoms with Gasteiger partial charge in [-0.25, -0.2) is 17.9 Å². The SMILES string of the molecule is CC1CCC(F)C2CC(C(=O)NC3CCCC(S(N)(=O)=O)C3)NC12. The lowest BCUT2D eigenvalue weighted by atomic mass is 9.77. The minimum Gasteiger partial charge on any atom is -0.352 e. The summed E-state index contributed by atoms with van der Waals surface area (Å²) in [5.41, 5.74) is 0. The molecule has 0 aromatic heterocycles. The minimum absolute atomic E-state index is 0.0630. The molecule has 7 unspecified atom stereocenters. The number of halogens is 1. The normalized spacial score (nSPS) is 43.2. The first kappa shape index (κ1) is 18.1. The fraction of sp³-hybridized carbons (Fsp3) is 0.938. The van der Waals surface area contributed by atoms with Crippen LogP contribution in [0.2, 0.25) is 0 Å². The number of carbonyl (C=O) groups excluding carboxylic acids is 1. The third kappa shape index (κ3) is 3.75. The minimum atomic E-state index is -3.56. The molecule has 0 spiro atoms. The average Bonchev–Trinajstić information content (AvgIpc) is 2.97. The maximum Gasteiger partial charge on any atom is 0.237 e. The summed E-state index contributed by atoms with van der Waals surface area (Å²) in [7, 11) is -3.56. The Hall–Kier alpha value is -0.730. The van der Waals surface area contributed by atoms with Gasteiger partial charge in [0.05, 0.1) is 11.3 Å². The number of nitrogens with two attached hydrogens (primary N) is 1. The molecule has 0 radical (unpaired) electrons. The number of hydrogen-bond acceptors (Lipinski definition) is 4. The number of carbonyl (C=O) groups is 1. The summed E-state index contributed by atoms with van der Waals surface area (Å²) in [5, 5.41) is 10.9. The van der Waals surface area contributed by atoms with Gasteiger partial charge in [-0.2, -0.15) is 0 Å². The molecule has 2 saturated carbocycles. The Labute approximate surface area is 143 Å². The molecular weight excluding hydrogens is 333 g/mol. The lowest BCUT2D eigenvalue weighted by Gasteiger charge is -2.33. The lowest BCUT2D eigenvalue weighted by Crippen LogP contribution is -2.50. The van der Waals surface area contributed by atoms with E-state index in [4.69, 9.17) is 5.14 Å². The molecule has 138 valence electrons. The Morgan fingerprint density at radius 2 is 1.96 bits per heavy atom. The zero-order valence-electron chi connectivity index (χ0n) is 14.1. The van der Waals surface area contributed by atoms with Gasteiger partial charge in [0.1, 0.15) is 6.17 Å². The number of hydrogen-bond donors (Lipinski definition) is 3. The summed E-state index contributed by atoms with van der Waals surface area (Å²) in [5.74, 6) is 0.151. The van der Waals surface area contributed by atoms with Crippen LogP contribution in [0.15, 0.2) is 0 Å². The number of primary sulfonamides is 1. The summed E-state index contributed by atoms with van der Waals surface area (Å²) < 4.78 is 37.2. The van der Waals surface area contributed by atoms with Gasteiger partial charge in [0.25, 0.3) is 0 Å². The van der Waals surface area contributed by atoms with Gasteiger partial charge >= 0.3 is 0 Å². The Morgan fingerprint density at radius 3 is 2.62 bits per heavy atom. The molecule has 0 aromatic rings. The highest BCUT2D eigenvalue weighted by Crippen LogP contribution is 2.38. The Kier molecular flexibility index (Phi) is 5.18. The fourth-order valence-electron chi connectivity index (χ4n) is 4.68. The molecule has 3 fully saturated rings. The molecular formula is C16H28FN3O3S. The van der Waals surface area contributed by atoms with Crippen LogP contribution in [-0.4, -0.2) is 43.9 Å². The second-order valence-corrected chi connectivity index (χ2v) is 9.64. The van der Waals surface area contributed by atoms with Crippen molar-refractivity contribution in [2.45, 2.75) is 81.4 Å². The van der Waals surface area contributed by atoms with Crippen LogP contribution >= 0.6 is 0 Å². The second kappa shape index (κ2) is 6.88. The van der Waals surface area contributed by atoms with Crippen LogP contribution in [0.4, 0.5) is 4.39 Å². The molecule has 7 atom stereocenters. The van der Waals surface area contributed by atoms with Gasteiger partial charge in [0, 0.05) is 18.0 Å². The number of rotatable bonds is 3. The van der Waals surface area contributed by atoms with Crippen molar-refractivity contribution >= 4 is 15.9 Å². The van der Waals surface area contributed by atoms with E-state index < -0.39 is 21.4 Å². The molecule has 1 heterocycles. The van der Waals surface area contributed by atoms with Crippen molar-refractivity contribution in [2.24, 2.45) is 17.0 Å². The van der Waals surface area contributed by atoms with Crippen molar-refractivity contribution < 1.29 is 17.6 Å². The van der Waals surface area contributed by atoms with Crippen LogP contribution in [0.25, 0.3) is 0 Å². The van der Waals surface area contributed by atoms with Gasteiger partial charge in [0.15, 0.2) is 0 Å². The monoisotopic (exact) mass is 361 g/mol. The van der Waals surface area contributed by atoms with Crippen LogP contribution in [-0.2, 0) is 14.8 Å². The largest absolute Gasteiger partial charge is 0.352 e. The topological polar surface area (TPSA) is 101 Å². The van der Waals surface area contributed by atoms with Crippen LogP contribution in [0.1, 0.15) is 51.9 Å². The van der Waals surface area contributed by atoms with Gasteiger partial charge < -0.3 is 10.6 Å². The summed E-state index contributed by atoms with van der Waals surface area (Å²) in [6, 6.07) is -0.487. The fourth-order valence-corrected chi connectivity index (χ4v) is 5.67. The summed E-state index contributed by atoms with van der Waals surface area (Å²) >= 11 is 0. The van der Waals surface area contributed by atoms with E-state index >= 15 is 0 Å². The summed E-state index contributed by atoms with van der Waals surface area (Å²) in [6.45, 7) is 2.11. The molecule has 8 heteroatoms. The van der Waals surface area contributed by atoms with Gasteiger partial charge in [-0.15, -0.1) is 0 Å². The van der Waals surface area contributed by atoms with E-state index in [2.05, 4.69) is 17.6 Å². The number of amides is 1. The molecule has 0 bridgehead atoms. The van der Waals surface area contributed by atoms with Crippen molar-refractivity contribution in [1.82, 2.24) is 10.6 Å². The van der Waals surface area contributed by atoms with Crippen LogP contribution in [0.3, 0.4) is 0 Å². The predicted molar refractivity (Wildman–Crippen MR) is 89.4 cm³/mol. The maximum absolute atomic E-state index is 14.1. The van der Waals surface area contributed by atoms with Gasteiger partial charge in [-0.3, -0.25) is 4.79 Å². The van der Waals surface area contributed by atoms with Gasteiger partial charge in [0.2, 0.25) is 15.9 Å². The van der Waals surface area contributed by atoms with Crippen LogP contribution in [0.5, 0.6) is 0 Å². The Morgan fingerprint density at radius 1 is 1.21 bits per heavy atom. The first-order valence-corrected chi connectivity index (χ1v) is 10.6. The third-order valence-electron chi connectivity index (χ3n) is 6.09. The molecule has 1 saturated heterocycles. The predicted octanol–water partition coefficient (Wildman–Crippen LogP) is 0.817. The molecule has 3 rings (SSSR count). The Bertz CT molecular complexity index is 567. The number of fused-ring (bicyclic) bond motifs is 1. The number of sulfonamides is 1. The van der Waals surface area contributed by atoms with E-state index in [-0.39, 0.29) is 30.0 Å². The second-order valence-electron chi connectivity index (χ2n) is 7.80. The number of alkyl halides is 1. The molecule has 0 aromatic carbocycles. The van der Waals surface area contributed by atoms with E-state index in [0.29, 0.717) is 31.6 Å². The highest BCUT2D eigenvalue weighted by Gasteiger charge is 2.46. The van der Waals surface area contributed by atoms with Crippen molar-refractivity contribution in [2.75, 3.05) is 0 Å². The summed E-state index contributed by atoms with van der Waals surface area (Å²) in [6.07, 6.45) is 3.54. The van der Waals surface area contributed by atoms with Gasteiger partial charge in [-0.05, 0) is 44.4 Å². The highest BCUT2D eigenvalue weighted by atomic mass is 32.2. The van der Waals surface area contributed by atoms with E-state index in [0.717, 1.165) is 19.3 Å². The smallest absolute Gasteiger partial charge is 0.237 e. The zero-order chi connectivity index (χ0) is 17.5. The molecule has 4 N–H and O–H groups in total. The standard InChI is InChI=1S/C16H28FN3O3S/c1-9-5-6-13(17)12-8-14(20-15(9)12)16(21)19-10-3-2-4-11(7-10)24(18,22)23/h9-15,20H,2-8H2,1H3,(H,19,21)(H2,18,22,23). The van der Waals surface area contributed by atoms with E-state index in [1.54, 1.807) is 0 Å². The van der Waals surface area contributed by atoms with Crippen molar-refractivity contribution in [1.29, 1.82) is 0 Å². The van der Waals surface area contributed by atoms with E-state index in [1.165, 1.54) is 0 Å². The highest BCUT2D eigenvalue weighted by molar-refractivity contribution is 7.89. The maximum atomic E-state index is 14.1. The van der Waals surface area contributed by atoms with Gasteiger partial charge in [-0.1, -0.05) is 13.3 Å². The van der Waals surface area contributed by atoms with Crippen LogP contribution in [0, 0.1) is 11.8 Å². The van der Waals surface area contributed by atoms with Crippen molar-refractivity contribution in [3.05, 3.63) is 0 Å². The first-order chi connectivity index (χ1) is 11.3. The quantitative estimate of drug-likeness (QED) is 0.692. The van der Waals surface area contributed by atoms with Crippen molar-refractivity contribution in [3.63, 3.8) is 0 Å². The molecule has 24 heavy (non-hydrogen) atoms. The lowest BCUT2D eigenvalue weighted by molar-refractivity contribution is -0.123. The molecule has 1 amide bonds. The van der Waals surface area contributed by atoms with E-state index in [9.17, 15) is 17.6 Å².